The van der Waals surface area contributed by atoms with Crippen LogP contribution in [0.25, 0.3) is 0 Å². The molecule has 0 radical (unpaired) electrons. The van der Waals surface area contributed by atoms with Crippen molar-refractivity contribution in [3.05, 3.63) is 35.9 Å². The minimum atomic E-state index is -1.08. The Bertz CT molecular complexity index is 285. The number of aliphatic carboxylic acids is 1. The lowest BCUT2D eigenvalue weighted by Crippen LogP contribution is -2.22. The lowest BCUT2D eigenvalue weighted by Gasteiger charge is -2.12. The predicted octanol–water partition coefficient (Wildman–Crippen LogP) is 2.23. The second kappa shape index (κ2) is 6.19. The number of carboxylic acid groups (broad SMARTS) is 1. The molecule has 84 valence electrons. The van der Waals surface area contributed by atoms with Crippen molar-refractivity contribution < 1.29 is 15.0 Å². The van der Waals surface area contributed by atoms with Gasteiger partial charge in [-0.05, 0) is 20.8 Å². The summed E-state index contributed by atoms with van der Waals surface area (Å²) in [4.78, 5) is 9.85. The first kappa shape index (κ1) is 13.7. The van der Waals surface area contributed by atoms with E-state index in [0.29, 0.717) is 0 Å². The Morgan fingerprint density at radius 2 is 1.73 bits per heavy atom. The first-order valence-electron chi connectivity index (χ1n) is 4.77. The molecule has 0 aliphatic rings. The van der Waals surface area contributed by atoms with E-state index in [0.717, 1.165) is 0 Å². The van der Waals surface area contributed by atoms with E-state index in [4.69, 9.17) is 10.2 Å². The third-order valence-corrected chi connectivity index (χ3v) is 1.52. The molecule has 0 aliphatic heterocycles. The Balaban J connectivity index is 0.000000262. The molecule has 0 unspecified atom stereocenters. The third kappa shape index (κ3) is 10.6. The van der Waals surface area contributed by atoms with Crippen LogP contribution in [0.2, 0.25) is 0 Å². The predicted molar refractivity (Wildman–Crippen MR) is 59.7 cm³/mol. The fourth-order valence-electron chi connectivity index (χ4n) is 0.904. The molecule has 0 bridgehead atoms. The van der Waals surface area contributed by atoms with Gasteiger partial charge in [-0.3, -0.25) is 4.79 Å². The SMILES string of the molecule is CC(C)(O)CC(=O)O.Cc1ccccc1. The zero-order valence-corrected chi connectivity index (χ0v) is 9.40. The van der Waals surface area contributed by atoms with Crippen LogP contribution in [0, 0.1) is 6.92 Å². The molecule has 0 saturated heterocycles. The highest BCUT2D eigenvalue weighted by Gasteiger charge is 2.16. The number of hydrogen-bond acceptors (Lipinski definition) is 2. The molecule has 0 aromatic heterocycles. The van der Waals surface area contributed by atoms with E-state index in [1.807, 2.05) is 18.2 Å². The molecule has 15 heavy (non-hydrogen) atoms. The van der Waals surface area contributed by atoms with E-state index in [2.05, 4.69) is 19.1 Å². The average molecular weight is 210 g/mol. The van der Waals surface area contributed by atoms with Gasteiger partial charge in [0.15, 0.2) is 0 Å². The molecule has 0 saturated carbocycles. The highest BCUT2D eigenvalue weighted by atomic mass is 16.4. The van der Waals surface area contributed by atoms with Crippen molar-refractivity contribution in [2.45, 2.75) is 32.8 Å². The molecule has 0 fully saturated rings. The fourth-order valence-corrected chi connectivity index (χ4v) is 0.904. The Morgan fingerprint density at radius 3 is 1.87 bits per heavy atom. The summed E-state index contributed by atoms with van der Waals surface area (Å²) in [5.74, 6) is -0.975. The summed E-state index contributed by atoms with van der Waals surface area (Å²) in [6, 6.07) is 10.3. The topological polar surface area (TPSA) is 57.5 Å². The second-order valence-electron chi connectivity index (χ2n) is 4.04. The third-order valence-electron chi connectivity index (χ3n) is 1.52. The van der Waals surface area contributed by atoms with Gasteiger partial charge in [0, 0.05) is 0 Å². The van der Waals surface area contributed by atoms with Crippen LogP contribution in [0.1, 0.15) is 25.8 Å². The normalized spacial score (nSPS) is 10.1. The first-order valence-corrected chi connectivity index (χ1v) is 4.77. The van der Waals surface area contributed by atoms with Gasteiger partial charge in [0.2, 0.25) is 0 Å². The fraction of sp³-hybridized carbons (Fsp3) is 0.417. The average Bonchev–Trinajstić information content (AvgIpc) is 2.01. The number of rotatable bonds is 2. The smallest absolute Gasteiger partial charge is 0.306 e. The van der Waals surface area contributed by atoms with Crippen molar-refractivity contribution >= 4 is 5.97 Å². The Kier molecular flexibility index (Phi) is 5.64. The van der Waals surface area contributed by atoms with Gasteiger partial charge in [-0.15, -0.1) is 0 Å². The van der Waals surface area contributed by atoms with Crippen molar-refractivity contribution in [1.82, 2.24) is 0 Å². The number of hydrogen-bond donors (Lipinski definition) is 2. The van der Waals surface area contributed by atoms with Gasteiger partial charge < -0.3 is 10.2 Å². The van der Waals surface area contributed by atoms with Gasteiger partial charge in [-0.25, -0.2) is 0 Å². The van der Waals surface area contributed by atoms with Crippen molar-refractivity contribution in [2.75, 3.05) is 0 Å². The molecule has 1 aromatic rings. The molecule has 1 rings (SSSR count). The summed E-state index contributed by atoms with van der Waals surface area (Å²) < 4.78 is 0. The van der Waals surface area contributed by atoms with E-state index in [1.54, 1.807) is 0 Å². The summed E-state index contributed by atoms with van der Waals surface area (Å²) in [6.07, 6.45) is -0.201. The molecule has 0 atom stereocenters. The standard InChI is InChI=1S/C7H8.C5H10O3/c1-7-5-3-2-4-6-7;1-5(2,8)3-4(6)7/h2-6H,1H3;8H,3H2,1-2H3,(H,6,7). The molecule has 3 nitrogen and oxygen atoms in total. The van der Waals surface area contributed by atoms with Gasteiger partial charge >= 0.3 is 5.97 Å². The Morgan fingerprint density at radius 1 is 1.27 bits per heavy atom. The van der Waals surface area contributed by atoms with Crippen molar-refractivity contribution in [3.8, 4) is 0 Å². The number of aryl methyl sites for hydroxylation is 1. The Labute approximate surface area is 90.4 Å². The van der Waals surface area contributed by atoms with Crippen LogP contribution >= 0.6 is 0 Å². The summed E-state index contributed by atoms with van der Waals surface area (Å²) in [6.45, 7) is 5.00. The quantitative estimate of drug-likeness (QED) is 0.787. The maximum absolute atomic E-state index is 9.85. The minimum absolute atomic E-state index is 0.201. The number of carbonyl (C=O) groups is 1. The van der Waals surface area contributed by atoms with Crippen molar-refractivity contribution in [3.63, 3.8) is 0 Å². The van der Waals surface area contributed by atoms with Gasteiger partial charge in [0.1, 0.15) is 0 Å². The van der Waals surface area contributed by atoms with E-state index in [1.165, 1.54) is 19.4 Å². The van der Waals surface area contributed by atoms with Gasteiger partial charge in [0.25, 0.3) is 0 Å². The van der Waals surface area contributed by atoms with Crippen LogP contribution in [-0.2, 0) is 4.79 Å². The zero-order valence-electron chi connectivity index (χ0n) is 9.40. The van der Waals surface area contributed by atoms with Crippen LogP contribution in [0.5, 0.6) is 0 Å². The zero-order chi connectivity index (χ0) is 11.9. The van der Waals surface area contributed by atoms with Gasteiger partial charge in [-0.2, -0.15) is 0 Å². The summed E-state index contributed by atoms with van der Waals surface area (Å²) in [7, 11) is 0. The summed E-state index contributed by atoms with van der Waals surface area (Å²) in [5.41, 5.74) is 0.244. The molecule has 1 aromatic carbocycles. The molecule has 3 heteroatoms. The molecule has 2 N–H and O–H groups in total. The summed E-state index contributed by atoms with van der Waals surface area (Å²) in [5, 5.41) is 16.9. The number of aliphatic hydroxyl groups is 1. The Hall–Kier alpha value is -1.35. The van der Waals surface area contributed by atoms with E-state index in [9.17, 15) is 4.79 Å². The summed E-state index contributed by atoms with van der Waals surface area (Å²) >= 11 is 0. The van der Waals surface area contributed by atoms with Crippen LogP contribution < -0.4 is 0 Å². The van der Waals surface area contributed by atoms with Crippen LogP contribution in [-0.4, -0.2) is 21.8 Å². The molecule has 0 spiro atoms. The maximum atomic E-state index is 9.85. The lowest BCUT2D eigenvalue weighted by atomic mass is 10.1. The number of carboxylic acids is 1. The monoisotopic (exact) mass is 210 g/mol. The lowest BCUT2D eigenvalue weighted by molar-refractivity contribution is -0.141. The van der Waals surface area contributed by atoms with Gasteiger partial charge in [0.05, 0.1) is 12.0 Å². The highest BCUT2D eigenvalue weighted by molar-refractivity contribution is 5.67. The van der Waals surface area contributed by atoms with Crippen LogP contribution in [0.4, 0.5) is 0 Å². The van der Waals surface area contributed by atoms with Crippen LogP contribution in [0.3, 0.4) is 0 Å². The molecule has 0 heterocycles. The number of benzene rings is 1. The van der Waals surface area contributed by atoms with Crippen LogP contribution in [0.15, 0.2) is 30.3 Å². The largest absolute Gasteiger partial charge is 0.481 e. The minimum Gasteiger partial charge on any atom is -0.481 e. The van der Waals surface area contributed by atoms with Crippen molar-refractivity contribution in [2.24, 2.45) is 0 Å². The van der Waals surface area contributed by atoms with Gasteiger partial charge in [-0.1, -0.05) is 35.9 Å². The van der Waals surface area contributed by atoms with Crippen molar-refractivity contribution in [1.29, 1.82) is 0 Å². The molecular weight excluding hydrogens is 192 g/mol. The molecule has 0 amide bonds. The molecular formula is C12H18O3. The highest BCUT2D eigenvalue weighted by Crippen LogP contribution is 2.05. The molecule has 0 aliphatic carbocycles. The van der Waals surface area contributed by atoms with E-state index < -0.39 is 11.6 Å². The van der Waals surface area contributed by atoms with E-state index >= 15 is 0 Å². The van der Waals surface area contributed by atoms with E-state index in [-0.39, 0.29) is 6.42 Å². The second-order valence-corrected chi connectivity index (χ2v) is 4.04. The first-order chi connectivity index (χ1) is 6.81. The maximum Gasteiger partial charge on any atom is 0.306 e.